The Labute approximate surface area is 139 Å². The average molecular weight is 393 g/mol. The standard InChI is InChI=1S/C14H27N5.HI/c1-5-6-9-16-14(15)17-10-7-8-13-11(2)18-19(4)12(13)3;/h5-10H2,1-4H3,(H3,15,16,17);1H. The van der Waals surface area contributed by atoms with Gasteiger partial charge in [-0.2, -0.15) is 5.10 Å². The number of guanidine groups is 1. The largest absolute Gasteiger partial charge is 0.370 e. The van der Waals surface area contributed by atoms with Gasteiger partial charge in [0.2, 0.25) is 0 Å². The predicted molar refractivity (Wildman–Crippen MR) is 95.8 cm³/mol. The zero-order valence-corrected chi connectivity index (χ0v) is 15.4. The monoisotopic (exact) mass is 393 g/mol. The van der Waals surface area contributed by atoms with Crippen LogP contribution in [0.3, 0.4) is 0 Å². The van der Waals surface area contributed by atoms with Crippen LogP contribution in [0.15, 0.2) is 4.99 Å². The van der Waals surface area contributed by atoms with Gasteiger partial charge in [-0.3, -0.25) is 9.67 Å². The Hall–Kier alpha value is -0.790. The summed E-state index contributed by atoms with van der Waals surface area (Å²) in [6, 6.07) is 0. The third-order valence-electron chi connectivity index (χ3n) is 3.36. The number of nitrogens with two attached hydrogens (primary N) is 1. The van der Waals surface area contributed by atoms with Gasteiger partial charge in [0.05, 0.1) is 5.69 Å². The van der Waals surface area contributed by atoms with Crippen LogP contribution >= 0.6 is 24.0 Å². The second-order valence-corrected chi connectivity index (χ2v) is 4.92. The van der Waals surface area contributed by atoms with Crippen LogP contribution in [0.1, 0.15) is 43.1 Å². The summed E-state index contributed by atoms with van der Waals surface area (Å²) in [4.78, 5) is 4.33. The van der Waals surface area contributed by atoms with Crippen molar-refractivity contribution in [1.82, 2.24) is 15.1 Å². The number of aliphatic imine (C=N–C) groups is 1. The molecule has 0 amide bonds. The molecule has 0 aromatic carbocycles. The van der Waals surface area contributed by atoms with E-state index in [2.05, 4.69) is 36.2 Å². The van der Waals surface area contributed by atoms with E-state index in [-0.39, 0.29) is 24.0 Å². The van der Waals surface area contributed by atoms with Gasteiger partial charge in [0.25, 0.3) is 0 Å². The fraction of sp³-hybridized carbons (Fsp3) is 0.714. The first-order chi connectivity index (χ1) is 9.06. The molecule has 0 saturated heterocycles. The molecule has 0 saturated carbocycles. The lowest BCUT2D eigenvalue weighted by Gasteiger charge is -2.04. The van der Waals surface area contributed by atoms with Crippen LogP contribution in [0.2, 0.25) is 0 Å². The minimum atomic E-state index is 0. The summed E-state index contributed by atoms with van der Waals surface area (Å²) >= 11 is 0. The van der Waals surface area contributed by atoms with Gasteiger partial charge in [-0.15, -0.1) is 24.0 Å². The van der Waals surface area contributed by atoms with Gasteiger partial charge in [-0.1, -0.05) is 13.3 Å². The van der Waals surface area contributed by atoms with E-state index in [9.17, 15) is 0 Å². The van der Waals surface area contributed by atoms with E-state index < -0.39 is 0 Å². The number of aryl methyl sites for hydroxylation is 2. The second-order valence-electron chi connectivity index (χ2n) is 4.92. The molecule has 1 aromatic rings. The molecule has 1 aromatic heterocycles. The van der Waals surface area contributed by atoms with Crippen LogP contribution < -0.4 is 11.1 Å². The fourth-order valence-corrected chi connectivity index (χ4v) is 2.08. The van der Waals surface area contributed by atoms with Crippen LogP contribution in [0.25, 0.3) is 0 Å². The van der Waals surface area contributed by atoms with Crippen LogP contribution in [0.4, 0.5) is 0 Å². The van der Waals surface area contributed by atoms with Gasteiger partial charge >= 0.3 is 0 Å². The highest BCUT2D eigenvalue weighted by atomic mass is 127. The lowest BCUT2D eigenvalue weighted by molar-refractivity contribution is 0.728. The zero-order chi connectivity index (χ0) is 14.3. The maximum atomic E-state index is 5.78. The Kier molecular flexibility index (Phi) is 9.62. The molecule has 5 nitrogen and oxygen atoms in total. The summed E-state index contributed by atoms with van der Waals surface area (Å²) in [5.41, 5.74) is 9.49. The quantitative estimate of drug-likeness (QED) is 0.323. The first-order valence-corrected chi connectivity index (χ1v) is 7.09. The highest BCUT2D eigenvalue weighted by Gasteiger charge is 2.08. The van der Waals surface area contributed by atoms with Crippen molar-refractivity contribution in [2.45, 2.75) is 46.5 Å². The molecule has 0 spiro atoms. The van der Waals surface area contributed by atoms with E-state index in [1.54, 1.807) is 0 Å². The third kappa shape index (κ3) is 6.11. The van der Waals surface area contributed by atoms with Gasteiger partial charge < -0.3 is 11.1 Å². The molecule has 20 heavy (non-hydrogen) atoms. The van der Waals surface area contributed by atoms with Crippen molar-refractivity contribution in [3.63, 3.8) is 0 Å². The lowest BCUT2D eigenvalue weighted by Crippen LogP contribution is -2.32. The number of nitrogens with zero attached hydrogens (tertiary/aromatic N) is 3. The topological polar surface area (TPSA) is 68.2 Å². The number of hydrogen-bond donors (Lipinski definition) is 2. The molecule has 1 heterocycles. The summed E-state index contributed by atoms with van der Waals surface area (Å²) < 4.78 is 1.94. The predicted octanol–water partition coefficient (Wildman–Crippen LogP) is 2.29. The summed E-state index contributed by atoms with van der Waals surface area (Å²) in [5, 5.41) is 7.54. The van der Waals surface area contributed by atoms with E-state index in [4.69, 9.17) is 5.73 Å². The molecular formula is C14H28IN5. The Balaban J connectivity index is 0.00000361. The normalized spacial score (nSPS) is 11.3. The molecule has 0 bridgehead atoms. The first-order valence-electron chi connectivity index (χ1n) is 7.09. The number of unbranched alkanes of at least 4 members (excludes halogenated alkanes) is 1. The Morgan fingerprint density at radius 1 is 1.35 bits per heavy atom. The minimum absolute atomic E-state index is 0. The molecule has 1 rings (SSSR count). The first kappa shape index (κ1) is 19.2. The minimum Gasteiger partial charge on any atom is -0.370 e. The Bertz CT molecular complexity index is 425. The van der Waals surface area contributed by atoms with Crippen LogP contribution in [-0.4, -0.2) is 28.8 Å². The van der Waals surface area contributed by atoms with Crippen molar-refractivity contribution in [1.29, 1.82) is 0 Å². The van der Waals surface area contributed by atoms with Crippen molar-refractivity contribution in [3.8, 4) is 0 Å². The van der Waals surface area contributed by atoms with E-state index >= 15 is 0 Å². The highest BCUT2D eigenvalue weighted by molar-refractivity contribution is 14.0. The number of nitrogens with one attached hydrogen (secondary N) is 1. The molecule has 116 valence electrons. The van der Waals surface area contributed by atoms with E-state index in [0.29, 0.717) is 5.96 Å². The number of rotatable bonds is 7. The molecule has 3 N–H and O–H groups in total. The number of hydrogen-bond acceptors (Lipinski definition) is 2. The highest BCUT2D eigenvalue weighted by Crippen LogP contribution is 2.13. The molecular weight excluding hydrogens is 365 g/mol. The molecule has 6 heteroatoms. The molecule has 0 unspecified atom stereocenters. The van der Waals surface area contributed by atoms with Gasteiger partial charge in [-0.05, 0) is 38.7 Å². The molecule has 0 fully saturated rings. The molecule has 0 aliphatic heterocycles. The molecule has 0 radical (unpaired) electrons. The van der Waals surface area contributed by atoms with Gasteiger partial charge in [0.15, 0.2) is 5.96 Å². The summed E-state index contributed by atoms with van der Waals surface area (Å²) in [5.74, 6) is 0.563. The second kappa shape index (κ2) is 10.0. The van der Waals surface area contributed by atoms with Crippen molar-refractivity contribution in [2.24, 2.45) is 17.8 Å². The zero-order valence-electron chi connectivity index (χ0n) is 13.1. The average Bonchev–Trinajstić information content (AvgIpc) is 2.60. The van der Waals surface area contributed by atoms with Gasteiger partial charge in [0.1, 0.15) is 0 Å². The fourth-order valence-electron chi connectivity index (χ4n) is 2.08. The smallest absolute Gasteiger partial charge is 0.188 e. The number of aromatic nitrogens is 2. The number of halogens is 1. The van der Waals surface area contributed by atoms with Crippen LogP contribution in [0.5, 0.6) is 0 Å². The summed E-state index contributed by atoms with van der Waals surface area (Å²) in [6.07, 6.45) is 4.31. The Morgan fingerprint density at radius 3 is 2.60 bits per heavy atom. The maximum absolute atomic E-state index is 5.78. The van der Waals surface area contributed by atoms with Crippen molar-refractivity contribution < 1.29 is 0 Å². The van der Waals surface area contributed by atoms with Crippen molar-refractivity contribution >= 4 is 29.9 Å². The van der Waals surface area contributed by atoms with Crippen LogP contribution in [0, 0.1) is 13.8 Å². The molecule has 0 aliphatic rings. The SMILES string of the molecule is CCCCNC(N)=NCCCc1c(C)nn(C)c1C.I. The third-order valence-corrected chi connectivity index (χ3v) is 3.36. The van der Waals surface area contributed by atoms with Gasteiger partial charge in [-0.25, -0.2) is 0 Å². The van der Waals surface area contributed by atoms with E-state index in [1.807, 2.05) is 11.7 Å². The van der Waals surface area contributed by atoms with E-state index in [0.717, 1.165) is 38.0 Å². The summed E-state index contributed by atoms with van der Waals surface area (Å²) in [7, 11) is 1.99. The Morgan fingerprint density at radius 2 is 2.05 bits per heavy atom. The maximum Gasteiger partial charge on any atom is 0.188 e. The van der Waals surface area contributed by atoms with Crippen molar-refractivity contribution in [2.75, 3.05) is 13.1 Å². The van der Waals surface area contributed by atoms with Crippen molar-refractivity contribution in [3.05, 3.63) is 17.0 Å². The van der Waals surface area contributed by atoms with Crippen LogP contribution in [-0.2, 0) is 13.5 Å². The van der Waals surface area contributed by atoms with E-state index in [1.165, 1.54) is 17.7 Å². The van der Waals surface area contributed by atoms with Gasteiger partial charge in [0, 0.05) is 25.8 Å². The molecule has 0 aliphatic carbocycles. The lowest BCUT2D eigenvalue weighted by atomic mass is 10.1. The molecule has 0 atom stereocenters. The summed E-state index contributed by atoms with van der Waals surface area (Å²) in [6.45, 7) is 8.00.